The van der Waals surface area contributed by atoms with Crippen LogP contribution in [0.2, 0.25) is 0 Å². The second-order valence-electron chi connectivity index (χ2n) is 9.74. The second kappa shape index (κ2) is 10.1. The quantitative estimate of drug-likeness (QED) is 0.515. The maximum atomic E-state index is 5.87. The van der Waals surface area contributed by atoms with E-state index in [0.717, 1.165) is 17.0 Å². The Labute approximate surface area is 181 Å². The number of nitrogens with zero attached hydrogens (tertiary/aromatic N) is 4. The first-order valence-corrected chi connectivity index (χ1v) is 11.3. The molecule has 5 heteroatoms. The molecular formula is C25H37N5. The molecule has 0 aliphatic heterocycles. The molecular weight excluding hydrogens is 370 g/mol. The summed E-state index contributed by atoms with van der Waals surface area (Å²) < 4.78 is 2.28. The predicted octanol–water partition coefficient (Wildman–Crippen LogP) is 6.29. The zero-order valence-electron chi connectivity index (χ0n) is 19.0. The van der Waals surface area contributed by atoms with Crippen LogP contribution in [0.5, 0.6) is 0 Å². The van der Waals surface area contributed by atoms with Gasteiger partial charge >= 0.3 is 0 Å². The van der Waals surface area contributed by atoms with E-state index in [1.807, 2.05) is 24.3 Å². The number of nitrogens with two attached hydrogens (primary N) is 1. The van der Waals surface area contributed by atoms with E-state index in [0.29, 0.717) is 23.2 Å². The van der Waals surface area contributed by atoms with E-state index in [-0.39, 0.29) is 0 Å². The highest BCUT2D eigenvalue weighted by Crippen LogP contribution is 2.40. The lowest BCUT2D eigenvalue weighted by molar-refractivity contribution is 0.382. The first-order valence-electron chi connectivity index (χ1n) is 11.3. The molecule has 5 nitrogen and oxygen atoms in total. The van der Waals surface area contributed by atoms with Crippen molar-refractivity contribution in [3.63, 3.8) is 0 Å². The maximum absolute atomic E-state index is 5.87. The minimum atomic E-state index is 0.553. The summed E-state index contributed by atoms with van der Waals surface area (Å²) in [6, 6.07) is 8.30. The molecule has 0 amide bonds. The number of aromatic nitrogens is 4. The molecule has 3 aromatic rings. The van der Waals surface area contributed by atoms with E-state index < -0.39 is 0 Å². The molecule has 3 heterocycles. The van der Waals surface area contributed by atoms with Gasteiger partial charge in [-0.25, -0.2) is 9.97 Å². The summed E-state index contributed by atoms with van der Waals surface area (Å²) in [6.45, 7) is 9.37. The summed E-state index contributed by atoms with van der Waals surface area (Å²) in [5.74, 6) is 2.08. The van der Waals surface area contributed by atoms with E-state index in [1.165, 1.54) is 38.5 Å². The molecule has 30 heavy (non-hydrogen) atoms. The van der Waals surface area contributed by atoms with E-state index in [1.54, 1.807) is 18.7 Å². The van der Waals surface area contributed by atoms with Gasteiger partial charge in [-0.15, -0.1) is 0 Å². The van der Waals surface area contributed by atoms with Crippen LogP contribution >= 0.6 is 0 Å². The SMILES string of the molecule is CC1(C)CCCC1.CC1CC(C)C(n2ccc3c(N)ncnc32)C1.c1ccncc1. The van der Waals surface area contributed by atoms with Crippen molar-refractivity contribution in [2.24, 2.45) is 17.3 Å². The van der Waals surface area contributed by atoms with Gasteiger partial charge in [0.1, 0.15) is 17.8 Å². The van der Waals surface area contributed by atoms with Crippen molar-refractivity contribution in [1.82, 2.24) is 19.5 Å². The van der Waals surface area contributed by atoms with Crippen LogP contribution in [0.1, 0.15) is 72.3 Å². The molecule has 3 aromatic heterocycles. The van der Waals surface area contributed by atoms with E-state index in [2.05, 4.69) is 53.4 Å². The molecule has 0 aromatic carbocycles. The molecule has 0 radical (unpaired) electrons. The van der Waals surface area contributed by atoms with Gasteiger partial charge in [-0.3, -0.25) is 4.98 Å². The molecule has 3 atom stereocenters. The molecule has 0 spiro atoms. The number of rotatable bonds is 1. The molecule has 2 aliphatic rings. The minimum Gasteiger partial charge on any atom is -0.383 e. The lowest BCUT2D eigenvalue weighted by atomic mass is 9.92. The Kier molecular flexibility index (Phi) is 7.46. The first-order chi connectivity index (χ1) is 14.4. The Hall–Kier alpha value is -2.43. The van der Waals surface area contributed by atoms with Crippen molar-refractivity contribution >= 4 is 16.9 Å². The number of hydrogen-bond acceptors (Lipinski definition) is 4. The molecule has 3 unspecified atom stereocenters. The van der Waals surface area contributed by atoms with Crippen LogP contribution in [0.15, 0.2) is 49.2 Å². The van der Waals surface area contributed by atoms with Gasteiger partial charge in [0.2, 0.25) is 0 Å². The van der Waals surface area contributed by atoms with Gasteiger partial charge in [-0.05, 0) is 61.1 Å². The Morgan fingerprint density at radius 1 is 1.00 bits per heavy atom. The van der Waals surface area contributed by atoms with Gasteiger partial charge in [-0.1, -0.05) is 46.6 Å². The van der Waals surface area contributed by atoms with Gasteiger partial charge in [-0.2, -0.15) is 0 Å². The van der Waals surface area contributed by atoms with Crippen molar-refractivity contribution in [3.8, 4) is 0 Å². The van der Waals surface area contributed by atoms with Crippen LogP contribution in [0, 0.1) is 17.3 Å². The van der Waals surface area contributed by atoms with Crippen LogP contribution in [0.25, 0.3) is 11.0 Å². The maximum Gasteiger partial charge on any atom is 0.145 e. The third-order valence-corrected chi connectivity index (χ3v) is 6.50. The number of pyridine rings is 1. The number of nitrogen functional groups attached to an aromatic ring is 1. The lowest BCUT2D eigenvalue weighted by Crippen LogP contribution is -2.11. The Balaban J connectivity index is 0.000000161. The topological polar surface area (TPSA) is 69.6 Å². The summed E-state index contributed by atoms with van der Waals surface area (Å²) in [6.07, 6.45) is 15.5. The Bertz CT molecular complexity index is 868. The summed E-state index contributed by atoms with van der Waals surface area (Å²) in [5.41, 5.74) is 7.54. The molecule has 162 valence electrons. The molecule has 2 N–H and O–H groups in total. The molecule has 0 saturated heterocycles. The molecule has 2 saturated carbocycles. The first kappa shape index (κ1) is 22.3. The highest BCUT2D eigenvalue weighted by atomic mass is 15.1. The van der Waals surface area contributed by atoms with Crippen LogP contribution < -0.4 is 5.73 Å². The average molecular weight is 408 g/mol. The van der Waals surface area contributed by atoms with Gasteiger partial charge in [0.25, 0.3) is 0 Å². The van der Waals surface area contributed by atoms with Crippen LogP contribution in [-0.2, 0) is 0 Å². The number of anilines is 1. The van der Waals surface area contributed by atoms with Gasteiger partial charge in [0.15, 0.2) is 0 Å². The van der Waals surface area contributed by atoms with Gasteiger partial charge < -0.3 is 10.3 Å². The van der Waals surface area contributed by atoms with Crippen molar-refractivity contribution in [1.29, 1.82) is 0 Å². The smallest absolute Gasteiger partial charge is 0.145 e. The van der Waals surface area contributed by atoms with E-state index >= 15 is 0 Å². The average Bonchev–Trinajstić information content (AvgIpc) is 3.43. The van der Waals surface area contributed by atoms with Crippen LogP contribution in [0.3, 0.4) is 0 Å². The normalized spacial score (nSPS) is 24.6. The van der Waals surface area contributed by atoms with E-state index in [4.69, 9.17) is 5.73 Å². The zero-order valence-corrected chi connectivity index (χ0v) is 19.0. The molecule has 5 rings (SSSR count). The van der Waals surface area contributed by atoms with Crippen molar-refractivity contribution in [2.45, 2.75) is 72.3 Å². The van der Waals surface area contributed by atoms with Crippen molar-refractivity contribution in [2.75, 3.05) is 5.73 Å². The Morgan fingerprint density at radius 3 is 2.17 bits per heavy atom. The standard InChI is InChI=1S/C13H18N4.C7H14.C5H5N/c1-8-5-9(2)11(6-8)17-4-3-10-12(14)15-7-16-13(10)17;1-7(2)5-3-4-6-7;1-2-4-6-5-3-1/h3-4,7-9,11H,5-6H2,1-2H3,(H2,14,15,16);3-6H2,1-2H3;1-5H. The molecule has 0 bridgehead atoms. The zero-order chi connectivity index (χ0) is 21.6. The van der Waals surface area contributed by atoms with Gasteiger partial charge in [0.05, 0.1) is 5.39 Å². The predicted molar refractivity (Wildman–Crippen MR) is 125 cm³/mol. The minimum absolute atomic E-state index is 0.553. The molecule has 2 fully saturated rings. The highest BCUT2D eigenvalue weighted by Gasteiger charge is 2.30. The largest absolute Gasteiger partial charge is 0.383 e. The van der Waals surface area contributed by atoms with Crippen molar-refractivity contribution in [3.05, 3.63) is 49.2 Å². The van der Waals surface area contributed by atoms with Crippen LogP contribution in [0.4, 0.5) is 5.82 Å². The molecule has 2 aliphatic carbocycles. The van der Waals surface area contributed by atoms with E-state index in [9.17, 15) is 0 Å². The fourth-order valence-electron chi connectivity index (χ4n) is 4.82. The third kappa shape index (κ3) is 5.80. The third-order valence-electron chi connectivity index (χ3n) is 6.50. The monoisotopic (exact) mass is 407 g/mol. The summed E-state index contributed by atoms with van der Waals surface area (Å²) in [4.78, 5) is 12.2. The fourth-order valence-corrected chi connectivity index (χ4v) is 4.82. The van der Waals surface area contributed by atoms with Crippen molar-refractivity contribution < 1.29 is 0 Å². The number of fused-ring (bicyclic) bond motifs is 1. The second-order valence-corrected chi connectivity index (χ2v) is 9.74. The summed E-state index contributed by atoms with van der Waals surface area (Å²) in [5, 5.41) is 0.972. The lowest BCUT2D eigenvalue weighted by Gasteiger charge is -2.18. The highest BCUT2D eigenvalue weighted by molar-refractivity contribution is 5.86. The van der Waals surface area contributed by atoms with Crippen LogP contribution in [-0.4, -0.2) is 19.5 Å². The summed E-state index contributed by atoms with van der Waals surface area (Å²) >= 11 is 0. The fraction of sp³-hybridized carbons (Fsp3) is 0.560. The van der Waals surface area contributed by atoms with Gasteiger partial charge in [0, 0.05) is 24.6 Å². The number of hydrogen-bond donors (Lipinski definition) is 1. The Morgan fingerprint density at radius 2 is 1.70 bits per heavy atom. The summed E-state index contributed by atoms with van der Waals surface area (Å²) in [7, 11) is 0.